The predicted octanol–water partition coefficient (Wildman–Crippen LogP) is 4.81. The summed E-state index contributed by atoms with van der Waals surface area (Å²) in [6, 6.07) is 18.6. The number of nitro groups is 1. The van der Waals surface area contributed by atoms with E-state index in [9.17, 15) is 19.7 Å². The maximum absolute atomic E-state index is 12.2. The van der Waals surface area contributed by atoms with E-state index in [1.54, 1.807) is 54.6 Å². The van der Waals surface area contributed by atoms with Crippen LogP contribution in [-0.4, -0.2) is 22.8 Å². The zero-order valence-electron chi connectivity index (χ0n) is 16.2. The molecule has 0 atom stereocenters. The number of carbonyl (C=O) groups excluding carboxylic acids is 2. The summed E-state index contributed by atoms with van der Waals surface area (Å²) in [5.74, 6) is -0.991. The minimum Gasteiger partial charge on any atom is -0.423 e. The molecule has 1 aliphatic rings. The number of ether oxygens (including phenoxy) is 2. The lowest BCUT2D eigenvalue weighted by atomic mass is 10.2. The maximum atomic E-state index is 12.2. The first kappa shape index (κ1) is 21.0. The standard InChI is InChI=1S/C23H13ClN2O6/c24-19-7-2-1-6-18(19)22(27)31-17-10-8-14(9-11-17)12-20-23(28)32-21(25-20)15-4-3-5-16(13-15)26(29)30/h1-13H/b20-12-. The first-order valence-electron chi connectivity index (χ1n) is 9.25. The third-order valence-corrected chi connectivity index (χ3v) is 4.74. The van der Waals surface area contributed by atoms with Crippen LogP contribution < -0.4 is 4.74 Å². The second-order valence-electron chi connectivity index (χ2n) is 6.58. The summed E-state index contributed by atoms with van der Waals surface area (Å²) in [6.07, 6.45) is 1.49. The molecule has 32 heavy (non-hydrogen) atoms. The number of nitrogens with zero attached hydrogens (tertiary/aromatic N) is 2. The summed E-state index contributed by atoms with van der Waals surface area (Å²) in [5, 5.41) is 11.2. The van der Waals surface area contributed by atoms with Gasteiger partial charge in [-0.1, -0.05) is 41.9 Å². The lowest BCUT2D eigenvalue weighted by Crippen LogP contribution is -2.08. The maximum Gasteiger partial charge on any atom is 0.363 e. The van der Waals surface area contributed by atoms with Crippen molar-refractivity contribution >= 4 is 41.2 Å². The molecule has 0 aromatic heterocycles. The van der Waals surface area contributed by atoms with Crippen LogP contribution in [0.3, 0.4) is 0 Å². The summed E-state index contributed by atoms with van der Waals surface area (Å²) in [7, 11) is 0. The number of esters is 2. The highest BCUT2D eigenvalue weighted by Crippen LogP contribution is 2.23. The van der Waals surface area contributed by atoms with E-state index in [0.29, 0.717) is 16.9 Å². The lowest BCUT2D eigenvalue weighted by Gasteiger charge is -2.06. The summed E-state index contributed by atoms with van der Waals surface area (Å²) < 4.78 is 10.5. The molecule has 0 fully saturated rings. The number of cyclic esters (lactones) is 1. The minimum atomic E-state index is -0.680. The number of aliphatic imine (C=N–C) groups is 1. The number of rotatable bonds is 5. The van der Waals surface area contributed by atoms with Crippen LogP contribution in [-0.2, 0) is 9.53 Å². The Labute approximate surface area is 186 Å². The van der Waals surface area contributed by atoms with Gasteiger partial charge < -0.3 is 9.47 Å². The number of benzene rings is 3. The highest BCUT2D eigenvalue weighted by atomic mass is 35.5. The van der Waals surface area contributed by atoms with E-state index in [0.717, 1.165) is 0 Å². The number of non-ortho nitro benzene ring substituents is 1. The minimum absolute atomic E-state index is 0.0183. The molecule has 3 aromatic carbocycles. The molecule has 0 N–H and O–H groups in total. The molecule has 4 rings (SSSR count). The number of halogens is 1. The van der Waals surface area contributed by atoms with Gasteiger partial charge in [-0.15, -0.1) is 0 Å². The van der Waals surface area contributed by atoms with Gasteiger partial charge in [-0.3, -0.25) is 10.1 Å². The molecule has 8 nitrogen and oxygen atoms in total. The van der Waals surface area contributed by atoms with Crippen molar-refractivity contribution in [2.75, 3.05) is 0 Å². The van der Waals surface area contributed by atoms with Crippen LogP contribution in [0.4, 0.5) is 5.69 Å². The average Bonchev–Trinajstić information content (AvgIpc) is 3.15. The van der Waals surface area contributed by atoms with Crippen molar-refractivity contribution in [3.8, 4) is 5.75 Å². The molecule has 0 saturated carbocycles. The van der Waals surface area contributed by atoms with Gasteiger partial charge in [-0.25, -0.2) is 14.6 Å². The molecule has 0 unspecified atom stereocenters. The molecule has 0 amide bonds. The zero-order chi connectivity index (χ0) is 22.7. The topological polar surface area (TPSA) is 108 Å². The second-order valence-corrected chi connectivity index (χ2v) is 6.99. The van der Waals surface area contributed by atoms with Gasteiger partial charge in [0.25, 0.3) is 5.69 Å². The highest BCUT2D eigenvalue weighted by Gasteiger charge is 2.25. The average molecular weight is 449 g/mol. The van der Waals surface area contributed by atoms with E-state index in [-0.39, 0.29) is 27.9 Å². The first-order chi connectivity index (χ1) is 15.4. The Morgan fingerprint density at radius 2 is 1.81 bits per heavy atom. The fourth-order valence-corrected chi connectivity index (χ4v) is 3.08. The van der Waals surface area contributed by atoms with Gasteiger partial charge in [0.15, 0.2) is 5.70 Å². The zero-order valence-corrected chi connectivity index (χ0v) is 17.0. The van der Waals surface area contributed by atoms with E-state index < -0.39 is 16.9 Å². The smallest absolute Gasteiger partial charge is 0.363 e. The van der Waals surface area contributed by atoms with Crippen molar-refractivity contribution in [1.29, 1.82) is 0 Å². The molecular weight excluding hydrogens is 436 g/mol. The van der Waals surface area contributed by atoms with Gasteiger partial charge in [-0.05, 0) is 42.0 Å². The first-order valence-corrected chi connectivity index (χ1v) is 9.63. The fraction of sp³-hybridized carbons (Fsp3) is 0. The molecule has 158 valence electrons. The van der Waals surface area contributed by atoms with Gasteiger partial charge in [0.1, 0.15) is 5.75 Å². The van der Waals surface area contributed by atoms with E-state index >= 15 is 0 Å². The van der Waals surface area contributed by atoms with Gasteiger partial charge in [0, 0.05) is 17.7 Å². The van der Waals surface area contributed by atoms with Gasteiger partial charge in [-0.2, -0.15) is 0 Å². The van der Waals surface area contributed by atoms with Crippen molar-refractivity contribution in [2.24, 2.45) is 4.99 Å². The Morgan fingerprint density at radius 1 is 1.06 bits per heavy atom. The molecule has 9 heteroatoms. The monoisotopic (exact) mass is 448 g/mol. The number of nitro benzene ring substituents is 1. The van der Waals surface area contributed by atoms with Crippen molar-refractivity contribution in [1.82, 2.24) is 0 Å². The Kier molecular flexibility index (Phi) is 5.78. The van der Waals surface area contributed by atoms with Crippen LogP contribution in [0.5, 0.6) is 5.75 Å². The van der Waals surface area contributed by atoms with Crippen molar-refractivity contribution in [3.63, 3.8) is 0 Å². The number of carbonyl (C=O) groups is 2. The summed E-state index contributed by atoms with van der Waals surface area (Å²) in [4.78, 5) is 38.9. The Balaban J connectivity index is 1.51. The molecule has 1 aliphatic heterocycles. The van der Waals surface area contributed by atoms with Gasteiger partial charge >= 0.3 is 11.9 Å². The Morgan fingerprint density at radius 3 is 2.53 bits per heavy atom. The van der Waals surface area contributed by atoms with Crippen LogP contribution >= 0.6 is 11.6 Å². The number of hydrogen-bond acceptors (Lipinski definition) is 7. The highest BCUT2D eigenvalue weighted by molar-refractivity contribution is 6.33. The third-order valence-electron chi connectivity index (χ3n) is 4.41. The van der Waals surface area contributed by atoms with Crippen molar-refractivity contribution in [3.05, 3.63) is 110 Å². The van der Waals surface area contributed by atoms with Crippen LogP contribution in [0.2, 0.25) is 5.02 Å². The molecule has 0 spiro atoms. The van der Waals surface area contributed by atoms with Gasteiger partial charge in [0.2, 0.25) is 5.90 Å². The van der Waals surface area contributed by atoms with Crippen LogP contribution in [0.15, 0.2) is 83.5 Å². The van der Waals surface area contributed by atoms with Crippen molar-refractivity contribution in [2.45, 2.75) is 0 Å². The second kappa shape index (κ2) is 8.83. The van der Waals surface area contributed by atoms with Gasteiger partial charge in [0.05, 0.1) is 15.5 Å². The lowest BCUT2D eigenvalue weighted by molar-refractivity contribution is -0.384. The predicted molar refractivity (Wildman–Crippen MR) is 117 cm³/mol. The van der Waals surface area contributed by atoms with E-state index in [4.69, 9.17) is 21.1 Å². The summed E-state index contributed by atoms with van der Waals surface area (Å²) >= 11 is 6.00. The normalized spacial score (nSPS) is 14.1. The number of hydrogen-bond donors (Lipinski definition) is 0. The van der Waals surface area contributed by atoms with Crippen LogP contribution in [0.25, 0.3) is 6.08 Å². The fourth-order valence-electron chi connectivity index (χ4n) is 2.86. The summed E-state index contributed by atoms with van der Waals surface area (Å²) in [5.41, 5.74) is 1.07. The summed E-state index contributed by atoms with van der Waals surface area (Å²) in [6.45, 7) is 0. The van der Waals surface area contributed by atoms with Crippen molar-refractivity contribution < 1.29 is 24.0 Å². The molecular formula is C23H13ClN2O6. The molecule has 3 aromatic rings. The largest absolute Gasteiger partial charge is 0.423 e. The van der Waals surface area contributed by atoms with Crippen LogP contribution in [0.1, 0.15) is 21.5 Å². The van der Waals surface area contributed by atoms with E-state index in [1.165, 1.54) is 24.3 Å². The SMILES string of the molecule is O=C1OC(c2cccc([N+](=O)[O-])c2)=N/C1=C\c1ccc(OC(=O)c2ccccc2Cl)cc1. The molecule has 0 saturated heterocycles. The third kappa shape index (κ3) is 4.55. The Bertz CT molecular complexity index is 1300. The quantitative estimate of drug-likeness (QED) is 0.182. The van der Waals surface area contributed by atoms with E-state index in [2.05, 4.69) is 4.99 Å². The van der Waals surface area contributed by atoms with Crippen LogP contribution in [0, 0.1) is 10.1 Å². The van der Waals surface area contributed by atoms with E-state index in [1.807, 2.05) is 0 Å². The molecule has 1 heterocycles. The molecule has 0 radical (unpaired) electrons. The molecule has 0 bridgehead atoms. The Hall–Kier alpha value is -4.30. The molecule has 0 aliphatic carbocycles.